The van der Waals surface area contributed by atoms with Crippen molar-refractivity contribution >= 4 is 68.7 Å². The van der Waals surface area contributed by atoms with Crippen LogP contribution in [0.25, 0.3) is 0 Å². The topological polar surface area (TPSA) is 0 Å². The summed E-state index contributed by atoms with van der Waals surface area (Å²) in [5.74, 6) is 0. The molecule has 0 saturated heterocycles. The van der Waals surface area contributed by atoms with Crippen LogP contribution < -0.4 is 0 Å². The van der Waals surface area contributed by atoms with Crippen LogP contribution in [0.5, 0.6) is 0 Å². The van der Waals surface area contributed by atoms with Gasteiger partial charge in [-0.2, -0.15) is 0 Å². The van der Waals surface area contributed by atoms with E-state index in [0.717, 1.165) is 0 Å². The molecular formula is BBr4Sn. The molecule has 0 aromatic rings. The molecule has 0 heterocycles. The Morgan fingerprint density at radius 3 is 0.833 bits per heavy atom. The molecule has 3 radical (unpaired) electrons. The van der Waals surface area contributed by atoms with Gasteiger partial charge >= 0.3 is 60.3 Å². The molecule has 0 aromatic carbocycles. The first-order chi connectivity index (χ1) is 2.00. The van der Waals surface area contributed by atoms with Gasteiger partial charge in [0.2, 0.25) is 0 Å². The SMILES string of the molecule is [B].[Br][Sn]([Br])([Br])[Br]. The quantitative estimate of drug-likeness (QED) is 0.500. The van der Waals surface area contributed by atoms with E-state index in [9.17, 15) is 0 Å². The molecule has 0 aliphatic carbocycles. The van der Waals surface area contributed by atoms with Crippen LogP contribution in [0.2, 0.25) is 0 Å². The molecule has 0 amide bonds. The maximum absolute atomic E-state index is 3.34. The van der Waals surface area contributed by atoms with Crippen molar-refractivity contribution in [2.75, 3.05) is 0 Å². The fraction of sp³-hybridized carbons (Fsp3) is 0. The summed E-state index contributed by atoms with van der Waals surface area (Å²) < 4.78 is 0. The van der Waals surface area contributed by atoms with E-state index < -0.39 is 9.49 Å². The first-order valence-electron chi connectivity index (χ1n) is 0.756. The molecule has 0 aromatic heterocycles. The van der Waals surface area contributed by atoms with Crippen LogP contribution in [0.4, 0.5) is 0 Å². The number of halogens is 4. The van der Waals surface area contributed by atoms with Crippen molar-refractivity contribution in [2.24, 2.45) is 0 Å². The van der Waals surface area contributed by atoms with Crippen LogP contribution in [0.3, 0.4) is 0 Å². The zero-order chi connectivity index (χ0) is 4.50. The Labute approximate surface area is 67.3 Å². The van der Waals surface area contributed by atoms with Crippen LogP contribution in [-0.2, 0) is 0 Å². The minimum atomic E-state index is -1.93. The third-order valence-corrected chi connectivity index (χ3v) is 0. The Morgan fingerprint density at radius 2 is 0.833 bits per heavy atom. The van der Waals surface area contributed by atoms with Gasteiger partial charge in [-0.1, -0.05) is 0 Å². The molecular weight excluding hydrogens is 449 g/mol. The summed E-state index contributed by atoms with van der Waals surface area (Å²) in [5, 5.41) is 0. The van der Waals surface area contributed by atoms with E-state index in [1.165, 1.54) is 0 Å². The number of hydrogen-bond donors (Lipinski definition) is 0. The molecule has 0 fully saturated rings. The second-order valence-corrected chi connectivity index (χ2v) is 77.6. The molecule has 6 heavy (non-hydrogen) atoms. The van der Waals surface area contributed by atoms with Crippen molar-refractivity contribution in [3.8, 4) is 0 Å². The van der Waals surface area contributed by atoms with Gasteiger partial charge in [0.1, 0.15) is 0 Å². The predicted molar refractivity (Wildman–Crippen MR) is 47.2 cm³/mol. The van der Waals surface area contributed by atoms with Gasteiger partial charge in [-0.3, -0.25) is 0 Å². The van der Waals surface area contributed by atoms with Crippen LogP contribution in [0.1, 0.15) is 0 Å². The molecule has 0 nitrogen and oxygen atoms in total. The molecule has 0 N–H and O–H groups in total. The van der Waals surface area contributed by atoms with Crippen LogP contribution in [0, 0.1) is 0 Å². The average Bonchev–Trinajstić information content (AvgIpc) is 0.722. The van der Waals surface area contributed by atoms with Gasteiger partial charge in [0.05, 0.1) is 0 Å². The molecule has 6 heteroatoms. The van der Waals surface area contributed by atoms with Gasteiger partial charge in [-0.25, -0.2) is 0 Å². The van der Waals surface area contributed by atoms with Crippen molar-refractivity contribution in [1.29, 1.82) is 0 Å². The van der Waals surface area contributed by atoms with Crippen molar-refractivity contribution in [2.45, 2.75) is 0 Å². The summed E-state index contributed by atoms with van der Waals surface area (Å²) >= 11 is 13.3. The van der Waals surface area contributed by atoms with Gasteiger partial charge in [-0.05, 0) is 0 Å². The summed E-state index contributed by atoms with van der Waals surface area (Å²) in [6.07, 6.45) is 0. The van der Waals surface area contributed by atoms with E-state index in [1.807, 2.05) is 0 Å². The fourth-order valence-electron chi connectivity index (χ4n) is 0. The molecule has 0 unspecified atom stereocenters. The summed E-state index contributed by atoms with van der Waals surface area (Å²) in [5.41, 5.74) is 0. The van der Waals surface area contributed by atoms with Gasteiger partial charge < -0.3 is 0 Å². The fourth-order valence-corrected chi connectivity index (χ4v) is 0. The molecule has 0 aliphatic heterocycles. The summed E-state index contributed by atoms with van der Waals surface area (Å²) in [4.78, 5) is 0. The van der Waals surface area contributed by atoms with E-state index in [1.54, 1.807) is 0 Å². The van der Waals surface area contributed by atoms with Crippen molar-refractivity contribution in [1.82, 2.24) is 0 Å². The van der Waals surface area contributed by atoms with E-state index in [0.29, 0.717) is 0 Å². The second-order valence-electron chi connectivity index (χ2n) is 0.429. The number of hydrogen-bond acceptors (Lipinski definition) is 0. The van der Waals surface area contributed by atoms with Crippen molar-refractivity contribution in [3.63, 3.8) is 0 Å². The molecule has 0 spiro atoms. The Hall–Kier alpha value is 2.78. The van der Waals surface area contributed by atoms with Crippen molar-refractivity contribution in [3.05, 3.63) is 0 Å². The maximum atomic E-state index is 3.34. The Kier molecular flexibility index (Phi) is 8.95. The molecule has 0 aliphatic rings. The monoisotopic (exact) mass is 447 g/mol. The molecule has 35 valence electrons. The average molecular weight is 449 g/mol. The van der Waals surface area contributed by atoms with Crippen molar-refractivity contribution < 1.29 is 0 Å². The van der Waals surface area contributed by atoms with Gasteiger partial charge in [-0.15, -0.1) is 0 Å². The van der Waals surface area contributed by atoms with E-state index in [-0.39, 0.29) is 8.41 Å². The molecule has 0 rings (SSSR count). The van der Waals surface area contributed by atoms with E-state index in [4.69, 9.17) is 0 Å². The van der Waals surface area contributed by atoms with E-state index >= 15 is 0 Å². The molecule has 0 saturated carbocycles. The standard InChI is InChI=1S/B.4BrH.Sn/h;4*1H;/q;;;;;+4/p-4. The zero-order valence-electron chi connectivity index (χ0n) is 2.59. The normalized spacial score (nSPS) is 10.0. The van der Waals surface area contributed by atoms with Gasteiger partial charge in [0, 0.05) is 8.41 Å². The Bertz CT molecular complexity index is 23.0. The van der Waals surface area contributed by atoms with Gasteiger partial charge in [0.25, 0.3) is 0 Å². The predicted octanol–water partition coefficient (Wildman–Crippen LogP) is 2.62. The number of rotatable bonds is 0. The van der Waals surface area contributed by atoms with E-state index in [2.05, 4.69) is 50.8 Å². The summed E-state index contributed by atoms with van der Waals surface area (Å²) in [7, 11) is -1.93. The summed E-state index contributed by atoms with van der Waals surface area (Å²) in [6.45, 7) is 0. The third kappa shape index (κ3) is 29.3. The van der Waals surface area contributed by atoms with Crippen LogP contribution >= 0.6 is 50.8 Å². The minimum absolute atomic E-state index is 0. The first-order valence-corrected chi connectivity index (χ1v) is 26.3. The van der Waals surface area contributed by atoms with Crippen LogP contribution in [-0.4, -0.2) is 17.9 Å². The van der Waals surface area contributed by atoms with Crippen LogP contribution in [0.15, 0.2) is 0 Å². The van der Waals surface area contributed by atoms with Gasteiger partial charge in [0.15, 0.2) is 0 Å². The second kappa shape index (κ2) is 4.64. The zero-order valence-corrected chi connectivity index (χ0v) is 11.8. The first kappa shape index (κ1) is 11.6. The molecule has 0 atom stereocenters. The Morgan fingerprint density at radius 1 is 0.833 bits per heavy atom. The third-order valence-electron chi connectivity index (χ3n) is 0. The molecule has 0 bridgehead atoms. The summed E-state index contributed by atoms with van der Waals surface area (Å²) in [6, 6.07) is 0. The Balaban J connectivity index is 0.